The molecule has 1 aliphatic carbocycles. The van der Waals surface area contributed by atoms with Crippen molar-refractivity contribution in [2.24, 2.45) is 0 Å². The van der Waals surface area contributed by atoms with Crippen molar-refractivity contribution in [2.45, 2.75) is 13.0 Å². The minimum absolute atomic E-state index is 0.0282. The average molecular weight is 758 g/mol. The highest BCUT2D eigenvalue weighted by atomic mass is 16.4. The predicted octanol–water partition coefficient (Wildman–Crippen LogP) is 5.43. The number of para-hydroxylation sites is 1. The number of aromatic nitrogens is 5. The zero-order valence-electron chi connectivity index (χ0n) is 31.9. The number of carbonyl (C=O) groups excluding carboxylic acids is 2. The van der Waals surface area contributed by atoms with Crippen LogP contribution in [-0.2, 0) is 6.54 Å². The van der Waals surface area contributed by atoms with E-state index in [2.05, 4.69) is 30.9 Å². The first-order valence-electron chi connectivity index (χ1n) is 18.4. The Kier molecular flexibility index (Phi) is 9.86. The number of rotatable bonds is 11. The Morgan fingerprint density at radius 2 is 1.74 bits per heavy atom. The molecular formula is C44H39N9O4. The van der Waals surface area contributed by atoms with Crippen LogP contribution in [0.4, 0.5) is 17.2 Å². The molecule has 2 aliphatic rings. The summed E-state index contributed by atoms with van der Waals surface area (Å²) in [5.74, 6) is -0.385. The second-order valence-corrected chi connectivity index (χ2v) is 14.1. The fraction of sp³-hybridized carbons (Fsp3) is 0.159. The summed E-state index contributed by atoms with van der Waals surface area (Å²) in [5, 5.41) is 30.2. The maximum atomic E-state index is 13.6. The van der Waals surface area contributed by atoms with Gasteiger partial charge in [-0.1, -0.05) is 35.5 Å². The van der Waals surface area contributed by atoms with E-state index >= 15 is 0 Å². The number of amides is 1. The van der Waals surface area contributed by atoms with Crippen molar-refractivity contribution < 1.29 is 19.1 Å². The molecule has 0 fully saturated rings. The molecule has 57 heavy (non-hydrogen) atoms. The van der Waals surface area contributed by atoms with Crippen molar-refractivity contribution in [1.29, 1.82) is 0 Å². The summed E-state index contributed by atoms with van der Waals surface area (Å²) < 4.78 is 10.1. The van der Waals surface area contributed by atoms with Gasteiger partial charge in [0.2, 0.25) is 5.36 Å². The number of anilines is 3. The van der Waals surface area contributed by atoms with Gasteiger partial charge in [-0.25, -0.2) is 14.5 Å². The Morgan fingerprint density at radius 1 is 0.877 bits per heavy atom. The normalized spacial score (nSPS) is 11.2. The van der Waals surface area contributed by atoms with Gasteiger partial charge in [0.25, 0.3) is 5.91 Å². The number of hydrogen-bond donors (Lipinski definition) is 2. The number of carboxylic acid groups (broad SMARTS) is 1. The zero-order chi connectivity index (χ0) is 39.6. The smallest absolute Gasteiger partial charge is 0.251 e. The van der Waals surface area contributed by atoms with E-state index in [0.29, 0.717) is 70.0 Å². The number of benzene rings is 5. The SMILES string of the molecule is CN(C)c1ccc2c(-c3cc(C(=O)NCCCn4cc(-c5cccc(Nc6ncnc7ccccc67)c5)nn4)ccc3C(=O)[O-])c3ccc(=[N+](C)C)cc-3oc2c1. The standard InChI is InChI=1S/C44H39N9O4/c1-51(2)30-14-17-34-39(23-30)57-40-24-31(52(3)4)15-18-35(40)41(34)36-22-28(13-16-32(36)44(55)56)43(54)45-19-8-20-53-25-38(49-50-53)27-9-7-10-29(21-27)48-42-33-11-5-6-12-37(33)46-26-47-42/h5-7,9-18,21-26H,8,19-20H2,1-4H3,(H2-,45,46,47,48,54,55,56). The Bertz CT molecular complexity index is 2850. The van der Waals surface area contributed by atoms with Crippen LogP contribution in [0, 0.1) is 0 Å². The largest absolute Gasteiger partial charge is 0.545 e. The van der Waals surface area contributed by atoms with Gasteiger partial charge in [-0.2, -0.15) is 0 Å². The second-order valence-electron chi connectivity index (χ2n) is 14.1. The van der Waals surface area contributed by atoms with Crippen molar-refractivity contribution in [3.05, 3.63) is 132 Å². The number of carboxylic acids is 1. The van der Waals surface area contributed by atoms with Crippen LogP contribution in [0.2, 0.25) is 0 Å². The van der Waals surface area contributed by atoms with Crippen LogP contribution in [0.3, 0.4) is 0 Å². The molecule has 2 aromatic heterocycles. The molecule has 8 rings (SSSR count). The quantitative estimate of drug-likeness (QED) is 0.0991. The summed E-state index contributed by atoms with van der Waals surface area (Å²) in [6.45, 7) is 0.872. The third-order valence-corrected chi connectivity index (χ3v) is 9.84. The van der Waals surface area contributed by atoms with E-state index in [-0.39, 0.29) is 11.5 Å². The fourth-order valence-corrected chi connectivity index (χ4v) is 6.87. The number of aromatic carboxylic acids is 1. The lowest BCUT2D eigenvalue weighted by atomic mass is 9.89. The van der Waals surface area contributed by atoms with E-state index < -0.39 is 5.97 Å². The minimum atomic E-state index is -1.34. The minimum Gasteiger partial charge on any atom is -0.545 e. The number of hydrogen-bond acceptors (Lipinski definition) is 10. The van der Waals surface area contributed by atoms with Crippen LogP contribution < -0.4 is 30.6 Å². The number of carbonyl (C=O) groups is 2. The van der Waals surface area contributed by atoms with Gasteiger partial charge in [-0.15, -0.1) is 5.10 Å². The van der Waals surface area contributed by atoms with E-state index in [1.54, 1.807) is 17.1 Å². The molecule has 0 saturated heterocycles. The lowest BCUT2D eigenvalue weighted by Gasteiger charge is -2.20. The van der Waals surface area contributed by atoms with Crippen molar-refractivity contribution in [3.63, 3.8) is 0 Å². The first kappa shape index (κ1) is 36.6. The monoisotopic (exact) mass is 757 g/mol. The number of nitrogens with one attached hydrogen (secondary N) is 2. The summed E-state index contributed by atoms with van der Waals surface area (Å²) in [4.78, 5) is 36.8. The molecule has 4 aromatic carbocycles. The molecule has 0 atom stereocenters. The Hall–Kier alpha value is -7.41. The van der Waals surface area contributed by atoms with Crippen LogP contribution in [-0.4, -0.2) is 71.6 Å². The highest BCUT2D eigenvalue weighted by Crippen LogP contribution is 2.42. The van der Waals surface area contributed by atoms with Crippen molar-refractivity contribution in [3.8, 4) is 33.7 Å². The van der Waals surface area contributed by atoms with E-state index in [1.165, 1.54) is 12.1 Å². The van der Waals surface area contributed by atoms with Crippen molar-refractivity contribution >= 4 is 50.9 Å². The van der Waals surface area contributed by atoms with Gasteiger partial charge in [-0.05, 0) is 66.6 Å². The van der Waals surface area contributed by atoms with Crippen LogP contribution in [0.5, 0.6) is 0 Å². The van der Waals surface area contributed by atoms with E-state index in [1.807, 2.05) is 129 Å². The molecular weight excluding hydrogens is 719 g/mol. The highest BCUT2D eigenvalue weighted by Gasteiger charge is 2.22. The summed E-state index contributed by atoms with van der Waals surface area (Å²) in [6.07, 6.45) is 3.99. The molecule has 2 N–H and O–H groups in total. The van der Waals surface area contributed by atoms with E-state index in [4.69, 9.17) is 4.42 Å². The highest BCUT2D eigenvalue weighted by molar-refractivity contribution is 6.09. The van der Waals surface area contributed by atoms with Gasteiger partial charge in [0.05, 0.1) is 23.7 Å². The fourth-order valence-electron chi connectivity index (χ4n) is 6.87. The molecule has 0 saturated carbocycles. The van der Waals surface area contributed by atoms with Crippen molar-refractivity contribution in [1.82, 2.24) is 34.9 Å². The molecule has 284 valence electrons. The topological polar surface area (TPSA) is 157 Å². The molecule has 0 radical (unpaired) electrons. The first-order chi connectivity index (χ1) is 27.6. The van der Waals surface area contributed by atoms with Crippen molar-refractivity contribution in [2.75, 3.05) is 45.0 Å². The van der Waals surface area contributed by atoms with Gasteiger partial charge in [0.1, 0.15) is 43.3 Å². The Labute approximate surface area is 327 Å². The summed E-state index contributed by atoms with van der Waals surface area (Å²) in [7, 11) is 7.76. The predicted molar refractivity (Wildman–Crippen MR) is 219 cm³/mol. The van der Waals surface area contributed by atoms with Crippen LogP contribution in [0.25, 0.3) is 55.6 Å². The summed E-state index contributed by atoms with van der Waals surface area (Å²) >= 11 is 0. The number of aryl methyl sites for hydroxylation is 1. The summed E-state index contributed by atoms with van der Waals surface area (Å²) in [6, 6.07) is 31.8. The maximum Gasteiger partial charge on any atom is 0.251 e. The molecule has 3 heterocycles. The maximum absolute atomic E-state index is 13.6. The van der Waals surface area contributed by atoms with E-state index in [9.17, 15) is 14.7 Å². The number of nitrogens with zero attached hydrogens (tertiary/aromatic N) is 7. The van der Waals surface area contributed by atoms with E-state index in [0.717, 1.165) is 33.2 Å². The third kappa shape index (κ3) is 7.50. The summed E-state index contributed by atoms with van der Waals surface area (Å²) in [5.41, 5.74) is 6.81. The van der Waals surface area contributed by atoms with Crippen LogP contribution in [0.1, 0.15) is 27.1 Å². The van der Waals surface area contributed by atoms with Gasteiger partial charge in [0, 0.05) is 89.3 Å². The number of fused-ring (bicyclic) bond motifs is 3. The lowest BCUT2D eigenvalue weighted by molar-refractivity contribution is -0.254. The van der Waals surface area contributed by atoms with Gasteiger partial charge in [0.15, 0.2) is 0 Å². The Morgan fingerprint density at radius 3 is 2.56 bits per heavy atom. The molecule has 0 spiro atoms. The average Bonchev–Trinajstić information content (AvgIpc) is 3.70. The molecule has 0 unspecified atom stereocenters. The third-order valence-electron chi connectivity index (χ3n) is 9.84. The second kappa shape index (κ2) is 15.4. The van der Waals surface area contributed by atoms with Crippen LogP contribution in [0.15, 0.2) is 120 Å². The van der Waals surface area contributed by atoms with Crippen LogP contribution >= 0.6 is 0 Å². The van der Waals surface area contributed by atoms with Gasteiger partial charge in [-0.3, -0.25) is 9.48 Å². The zero-order valence-corrected chi connectivity index (χ0v) is 31.9. The van der Waals surface area contributed by atoms with Gasteiger partial charge < -0.3 is 29.9 Å². The molecule has 0 bridgehead atoms. The first-order valence-corrected chi connectivity index (χ1v) is 18.4. The molecule has 6 aromatic rings. The molecule has 13 nitrogen and oxygen atoms in total. The Balaban J connectivity index is 0.992. The molecule has 1 aliphatic heterocycles. The molecule has 13 heteroatoms. The molecule has 1 amide bonds. The van der Waals surface area contributed by atoms with Gasteiger partial charge >= 0.3 is 0 Å². The lowest BCUT2D eigenvalue weighted by Crippen LogP contribution is -2.26.